The molecule has 3 aromatic rings. The number of carbonyl (C=O) groups excluding carboxylic acids is 1. The summed E-state index contributed by atoms with van der Waals surface area (Å²) in [6.07, 6.45) is -4.09. The highest BCUT2D eigenvalue weighted by molar-refractivity contribution is 7.22. The third-order valence-corrected chi connectivity index (χ3v) is 7.06. The Bertz CT molecular complexity index is 1180. The maximum atomic E-state index is 13.0. The van der Waals surface area contributed by atoms with E-state index in [2.05, 4.69) is 33.8 Å². The van der Waals surface area contributed by atoms with Crippen LogP contribution in [-0.4, -0.2) is 48.1 Å². The zero-order valence-corrected chi connectivity index (χ0v) is 20.3. The molecule has 0 unspecified atom stereocenters. The van der Waals surface area contributed by atoms with Crippen molar-refractivity contribution >= 4 is 32.7 Å². The van der Waals surface area contributed by atoms with Crippen molar-refractivity contribution in [2.24, 2.45) is 0 Å². The molecule has 2 aromatic carbocycles. The second-order valence-electron chi connectivity index (χ2n) is 8.75. The quantitative estimate of drug-likeness (QED) is 0.430. The summed E-state index contributed by atoms with van der Waals surface area (Å²) >= 11 is 1.31. The first kappa shape index (κ1) is 24.5. The molecule has 1 aromatic heterocycles. The Morgan fingerprint density at radius 3 is 2.65 bits per heavy atom. The fourth-order valence-electron chi connectivity index (χ4n) is 4.38. The molecule has 5 nitrogen and oxygen atoms in total. The number of nitrogens with zero attached hydrogens (tertiary/aromatic N) is 3. The Labute approximate surface area is 201 Å². The van der Waals surface area contributed by atoms with Crippen molar-refractivity contribution < 1.29 is 22.7 Å². The van der Waals surface area contributed by atoms with Crippen molar-refractivity contribution in [2.75, 3.05) is 31.1 Å². The molecular formula is C25H28F3N3O2S. The highest BCUT2D eigenvalue weighted by atomic mass is 32.1. The van der Waals surface area contributed by atoms with Crippen molar-refractivity contribution in [1.82, 2.24) is 9.88 Å². The second-order valence-corrected chi connectivity index (χ2v) is 9.76. The molecule has 0 aliphatic carbocycles. The number of carbonyl (C=O) groups is 1. The molecule has 1 saturated heterocycles. The molecule has 4 rings (SSSR count). The van der Waals surface area contributed by atoms with Crippen molar-refractivity contribution in [1.29, 1.82) is 0 Å². The molecule has 0 bridgehead atoms. The van der Waals surface area contributed by atoms with Crippen LogP contribution < -0.4 is 4.90 Å². The number of piperazine rings is 1. The lowest BCUT2D eigenvalue weighted by atomic mass is 10.0. The number of ether oxygens (including phenoxy) is 1. The normalized spacial score (nSPS) is 17.4. The van der Waals surface area contributed by atoms with Crippen molar-refractivity contribution in [3.05, 3.63) is 58.7 Å². The van der Waals surface area contributed by atoms with Gasteiger partial charge in [0.05, 0.1) is 28.8 Å². The SMILES string of the molecule is CCOC(=O)Cc1cc(C)cc(CN2CCN(c3nc4ccc(C(F)(F)F)cc4s3)C[C@@H]2C)c1. The van der Waals surface area contributed by atoms with Gasteiger partial charge in [-0.2, -0.15) is 13.2 Å². The molecule has 0 spiro atoms. The molecule has 1 fully saturated rings. The lowest BCUT2D eigenvalue weighted by Gasteiger charge is -2.40. The zero-order chi connectivity index (χ0) is 24.5. The molecule has 1 atom stereocenters. The molecule has 0 radical (unpaired) electrons. The molecule has 0 amide bonds. The summed E-state index contributed by atoms with van der Waals surface area (Å²) in [4.78, 5) is 21.0. The number of aryl methyl sites for hydroxylation is 1. The van der Waals surface area contributed by atoms with E-state index in [0.717, 1.165) is 54.1 Å². The number of thiazole rings is 1. The number of anilines is 1. The van der Waals surface area contributed by atoms with Crippen LogP contribution in [0.5, 0.6) is 0 Å². The highest BCUT2D eigenvalue weighted by Gasteiger charge is 2.31. The first-order valence-corrected chi connectivity index (χ1v) is 12.2. The van der Waals surface area contributed by atoms with Crippen LogP contribution in [0.4, 0.5) is 18.3 Å². The van der Waals surface area contributed by atoms with E-state index in [4.69, 9.17) is 4.74 Å². The number of benzene rings is 2. The van der Waals surface area contributed by atoms with Gasteiger partial charge in [-0.05, 0) is 50.1 Å². The average Bonchev–Trinajstić information content (AvgIpc) is 3.18. The van der Waals surface area contributed by atoms with Gasteiger partial charge in [0.2, 0.25) is 0 Å². The van der Waals surface area contributed by atoms with Crippen molar-refractivity contribution in [2.45, 2.75) is 46.0 Å². The van der Waals surface area contributed by atoms with Gasteiger partial charge in [-0.15, -0.1) is 0 Å². The predicted octanol–water partition coefficient (Wildman–Crippen LogP) is 5.44. The lowest BCUT2D eigenvalue weighted by Crippen LogP contribution is -2.51. The molecule has 2 heterocycles. The summed E-state index contributed by atoms with van der Waals surface area (Å²) in [5.74, 6) is -0.223. The highest BCUT2D eigenvalue weighted by Crippen LogP contribution is 2.36. The molecule has 0 saturated carbocycles. The summed E-state index contributed by atoms with van der Waals surface area (Å²) < 4.78 is 44.8. The Kier molecular flexibility index (Phi) is 7.14. The van der Waals surface area contributed by atoms with E-state index < -0.39 is 11.7 Å². The second kappa shape index (κ2) is 9.92. The van der Waals surface area contributed by atoms with E-state index in [1.807, 2.05) is 13.0 Å². The lowest BCUT2D eigenvalue weighted by molar-refractivity contribution is -0.142. The van der Waals surface area contributed by atoms with Gasteiger partial charge in [0, 0.05) is 32.2 Å². The molecule has 1 aliphatic rings. The van der Waals surface area contributed by atoms with Crippen LogP contribution >= 0.6 is 11.3 Å². The van der Waals surface area contributed by atoms with Gasteiger partial charge in [0.1, 0.15) is 0 Å². The van der Waals surface area contributed by atoms with Crippen molar-refractivity contribution in [3.8, 4) is 0 Å². The van der Waals surface area contributed by atoms with Crippen molar-refractivity contribution in [3.63, 3.8) is 0 Å². The molecular weight excluding hydrogens is 463 g/mol. The van der Waals surface area contributed by atoms with Crippen LogP contribution in [-0.2, 0) is 28.7 Å². The number of hydrogen-bond donors (Lipinski definition) is 0. The van der Waals surface area contributed by atoms with E-state index in [-0.39, 0.29) is 18.4 Å². The molecule has 34 heavy (non-hydrogen) atoms. The van der Waals surface area contributed by atoms with E-state index in [9.17, 15) is 18.0 Å². The van der Waals surface area contributed by atoms with Gasteiger partial charge in [-0.3, -0.25) is 9.69 Å². The van der Waals surface area contributed by atoms with Crippen LogP contribution in [0.25, 0.3) is 10.2 Å². The van der Waals surface area contributed by atoms with Gasteiger partial charge < -0.3 is 9.64 Å². The predicted molar refractivity (Wildman–Crippen MR) is 128 cm³/mol. The summed E-state index contributed by atoms with van der Waals surface area (Å²) in [5, 5.41) is 0.758. The Morgan fingerprint density at radius 1 is 1.18 bits per heavy atom. The minimum absolute atomic E-state index is 0.223. The number of hydrogen-bond acceptors (Lipinski definition) is 6. The first-order chi connectivity index (χ1) is 16.1. The van der Waals surface area contributed by atoms with Crippen LogP contribution in [0.1, 0.15) is 36.1 Å². The fraction of sp³-hybridized carbons (Fsp3) is 0.440. The third kappa shape index (κ3) is 5.70. The summed E-state index contributed by atoms with van der Waals surface area (Å²) in [5.41, 5.74) is 3.16. The maximum absolute atomic E-state index is 13.0. The van der Waals surface area contributed by atoms with Crippen LogP contribution in [0.15, 0.2) is 36.4 Å². The largest absolute Gasteiger partial charge is 0.466 e. The van der Waals surface area contributed by atoms with Gasteiger partial charge in [0.15, 0.2) is 5.13 Å². The number of esters is 1. The molecule has 1 aliphatic heterocycles. The average molecular weight is 492 g/mol. The standard InChI is InChI=1S/C25H28F3N3O2S/c1-4-33-23(32)12-18-9-16(2)10-19(11-18)15-30-7-8-31(14-17(30)3)24-29-21-6-5-20(25(26,27)28)13-22(21)34-24/h5-6,9-11,13,17H,4,7-8,12,14-15H2,1-3H3/t17-/m0/s1. The number of aromatic nitrogens is 1. The summed E-state index contributed by atoms with van der Waals surface area (Å²) in [6, 6.07) is 10.2. The van der Waals surface area contributed by atoms with Gasteiger partial charge in [-0.1, -0.05) is 35.1 Å². The number of alkyl halides is 3. The van der Waals surface area contributed by atoms with Crippen LogP contribution in [0.2, 0.25) is 0 Å². The first-order valence-electron chi connectivity index (χ1n) is 11.3. The minimum atomic E-state index is -4.36. The topological polar surface area (TPSA) is 45.7 Å². The number of fused-ring (bicyclic) bond motifs is 1. The van der Waals surface area contributed by atoms with E-state index >= 15 is 0 Å². The molecule has 0 N–H and O–H groups in total. The van der Waals surface area contributed by atoms with Gasteiger partial charge in [-0.25, -0.2) is 4.98 Å². The number of rotatable bonds is 6. The Morgan fingerprint density at radius 2 is 1.94 bits per heavy atom. The summed E-state index contributed by atoms with van der Waals surface area (Å²) in [7, 11) is 0. The molecule has 182 valence electrons. The van der Waals surface area contributed by atoms with Crippen LogP contribution in [0.3, 0.4) is 0 Å². The smallest absolute Gasteiger partial charge is 0.416 e. The van der Waals surface area contributed by atoms with Crippen LogP contribution in [0, 0.1) is 6.92 Å². The minimum Gasteiger partial charge on any atom is -0.466 e. The zero-order valence-electron chi connectivity index (χ0n) is 19.5. The van der Waals surface area contributed by atoms with E-state index in [1.165, 1.54) is 23.5 Å². The van der Waals surface area contributed by atoms with Gasteiger partial charge in [0.25, 0.3) is 0 Å². The maximum Gasteiger partial charge on any atom is 0.416 e. The van der Waals surface area contributed by atoms with Gasteiger partial charge >= 0.3 is 12.1 Å². The molecule has 9 heteroatoms. The fourth-order valence-corrected chi connectivity index (χ4v) is 5.42. The number of halogens is 3. The monoisotopic (exact) mass is 491 g/mol. The van der Waals surface area contributed by atoms with E-state index in [0.29, 0.717) is 16.8 Å². The third-order valence-electron chi connectivity index (χ3n) is 5.98. The Balaban J connectivity index is 1.43. The Hall–Kier alpha value is -2.65. The van der Waals surface area contributed by atoms with E-state index in [1.54, 1.807) is 6.92 Å². The summed E-state index contributed by atoms with van der Waals surface area (Å²) in [6.45, 7) is 9.41.